The first kappa shape index (κ1) is 18.1. The molecule has 2 aliphatic heterocycles. The van der Waals surface area contributed by atoms with Gasteiger partial charge in [0.15, 0.2) is 17.9 Å². The molecule has 2 aromatic rings. The number of halogens is 1. The first-order valence-electron chi connectivity index (χ1n) is 9.44. The summed E-state index contributed by atoms with van der Waals surface area (Å²) in [6.07, 6.45) is 5.05. The molecule has 7 heteroatoms. The molecule has 27 heavy (non-hydrogen) atoms. The van der Waals surface area contributed by atoms with E-state index in [1.165, 1.54) is 12.1 Å². The molecule has 2 fully saturated rings. The van der Waals surface area contributed by atoms with Gasteiger partial charge in [-0.25, -0.2) is 9.37 Å². The summed E-state index contributed by atoms with van der Waals surface area (Å²) in [6.45, 7) is 1.91. The first-order chi connectivity index (χ1) is 13.2. The van der Waals surface area contributed by atoms with Crippen molar-refractivity contribution in [1.82, 2.24) is 9.88 Å². The number of ether oxygens (including phenoxy) is 2. The smallest absolute Gasteiger partial charge is 0.223 e. The van der Waals surface area contributed by atoms with Gasteiger partial charge in [0, 0.05) is 24.9 Å². The van der Waals surface area contributed by atoms with Crippen LogP contribution in [0.25, 0.3) is 11.3 Å². The van der Waals surface area contributed by atoms with E-state index < -0.39 is 0 Å². The van der Waals surface area contributed by atoms with Crippen LogP contribution in [0.15, 0.2) is 34.9 Å². The molecule has 0 aliphatic carbocycles. The summed E-state index contributed by atoms with van der Waals surface area (Å²) in [6, 6.07) is 6.04. The van der Waals surface area contributed by atoms with E-state index in [-0.39, 0.29) is 24.1 Å². The second kappa shape index (κ2) is 8.19. The van der Waals surface area contributed by atoms with Gasteiger partial charge in [-0.3, -0.25) is 4.79 Å². The Balaban J connectivity index is 1.36. The second-order valence-corrected chi connectivity index (χ2v) is 6.89. The lowest BCUT2D eigenvalue weighted by molar-refractivity contribution is -0.150. The zero-order chi connectivity index (χ0) is 18.6. The van der Waals surface area contributed by atoms with Gasteiger partial charge >= 0.3 is 0 Å². The fourth-order valence-electron chi connectivity index (χ4n) is 3.68. The van der Waals surface area contributed by atoms with Crippen molar-refractivity contribution < 1.29 is 23.1 Å². The standard InChI is InChI=1S/C20H23FN2O4/c21-15-6-4-14(5-7-15)17-13-22-18(27-17)8-9-19(24)23-10-2-1-3-16(23)20-25-11-12-26-20/h4-7,13,16,20H,1-3,8-12H2. The van der Waals surface area contributed by atoms with Crippen LogP contribution in [0.5, 0.6) is 0 Å². The van der Waals surface area contributed by atoms with Crippen molar-refractivity contribution in [2.75, 3.05) is 19.8 Å². The van der Waals surface area contributed by atoms with Crippen molar-refractivity contribution in [2.24, 2.45) is 0 Å². The third kappa shape index (κ3) is 4.20. The normalized spacial score (nSPS) is 20.9. The van der Waals surface area contributed by atoms with Crippen LogP contribution in [-0.2, 0) is 20.7 Å². The van der Waals surface area contributed by atoms with Crippen LogP contribution in [0.3, 0.4) is 0 Å². The number of aryl methyl sites for hydroxylation is 1. The molecule has 0 bridgehead atoms. The monoisotopic (exact) mass is 374 g/mol. The summed E-state index contributed by atoms with van der Waals surface area (Å²) in [4.78, 5) is 18.9. The Labute approximate surface area is 157 Å². The maximum atomic E-state index is 13.0. The molecular formula is C20H23FN2O4. The Morgan fingerprint density at radius 3 is 2.74 bits per heavy atom. The van der Waals surface area contributed by atoms with Crippen molar-refractivity contribution in [3.05, 3.63) is 42.2 Å². The molecule has 1 aromatic heterocycles. The zero-order valence-electron chi connectivity index (χ0n) is 15.1. The summed E-state index contributed by atoms with van der Waals surface area (Å²) in [5.74, 6) is 0.848. The van der Waals surface area contributed by atoms with E-state index in [0.717, 1.165) is 31.4 Å². The van der Waals surface area contributed by atoms with Gasteiger partial charge < -0.3 is 18.8 Å². The minimum atomic E-state index is -0.305. The van der Waals surface area contributed by atoms with Crippen LogP contribution in [0, 0.1) is 5.82 Å². The molecule has 1 aromatic carbocycles. The lowest BCUT2D eigenvalue weighted by Gasteiger charge is -2.38. The topological polar surface area (TPSA) is 64.8 Å². The molecule has 144 valence electrons. The van der Waals surface area contributed by atoms with Crippen molar-refractivity contribution in [3.8, 4) is 11.3 Å². The average Bonchev–Trinajstić information content (AvgIpc) is 3.39. The molecule has 1 unspecified atom stereocenters. The van der Waals surface area contributed by atoms with E-state index in [1.807, 2.05) is 4.90 Å². The van der Waals surface area contributed by atoms with Crippen molar-refractivity contribution in [2.45, 2.75) is 44.4 Å². The van der Waals surface area contributed by atoms with Crippen LogP contribution < -0.4 is 0 Å². The number of hydrogen-bond acceptors (Lipinski definition) is 5. The SMILES string of the molecule is O=C(CCc1ncc(-c2ccc(F)cc2)o1)N1CCCCC1C1OCCO1. The predicted octanol–water partition coefficient (Wildman–Crippen LogP) is 3.17. The Kier molecular flexibility index (Phi) is 5.50. The molecule has 4 rings (SSSR count). The Morgan fingerprint density at radius 2 is 1.96 bits per heavy atom. The highest BCUT2D eigenvalue weighted by Crippen LogP contribution is 2.26. The van der Waals surface area contributed by atoms with Gasteiger partial charge in [-0.2, -0.15) is 0 Å². The minimum absolute atomic E-state index is 0.00640. The summed E-state index contributed by atoms with van der Waals surface area (Å²) in [7, 11) is 0. The maximum absolute atomic E-state index is 13.0. The van der Waals surface area contributed by atoms with E-state index in [9.17, 15) is 9.18 Å². The quantitative estimate of drug-likeness (QED) is 0.804. The number of carbonyl (C=O) groups excluding carboxylic acids is 1. The molecule has 0 N–H and O–H groups in total. The van der Waals surface area contributed by atoms with Gasteiger partial charge in [0.2, 0.25) is 5.91 Å². The van der Waals surface area contributed by atoms with Crippen LogP contribution >= 0.6 is 0 Å². The Hall–Kier alpha value is -2.25. The molecule has 1 atom stereocenters. The molecule has 0 spiro atoms. The molecule has 3 heterocycles. The summed E-state index contributed by atoms with van der Waals surface area (Å²) in [5, 5.41) is 0. The highest BCUT2D eigenvalue weighted by Gasteiger charge is 2.36. The van der Waals surface area contributed by atoms with Gasteiger partial charge in [0.05, 0.1) is 25.5 Å². The van der Waals surface area contributed by atoms with Gasteiger partial charge in [-0.1, -0.05) is 0 Å². The summed E-state index contributed by atoms with van der Waals surface area (Å²) >= 11 is 0. The number of nitrogens with zero attached hydrogens (tertiary/aromatic N) is 2. The fourth-order valence-corrected chi connectivity index (χ4v) is 3.68. The van der Waals surface area contributed by atoms with Crippen molar-refractivity contribution in [3.63, 3.8) is 0 Å². The van der Waals surface area contributed by atoms with E-state index in [0.29, 0.717) is 37.7 Å². The lowest BCUT2D eigenvalue weighted by Crippen LogP contribution is -2.50. The number of amides is 1. The predicted molar refractivity (Wildman–Crippen MR) is 95.3 cm³/mol. The second-order valence-electron chi connectivity index (χ2n) is 6.89. The maximum Gasteiger partial charge on any atom is 0.223 e. The molecule has 2 saturated heterocycles. The van der Waals surface area contributed by atoms with E-state index in [4.69, 9.17) is 13.9 Å². The highest BCUT2D eigenvalue weighted by molar-refractivity contribution is 5.76. The van der Waals surface area contributed by atoms with Crippen LogP contribution in [0.1, 0.15) is 31.6 Å². The Bertz CT molecular complexity index is 771. The molecule has 6 nitrogen and oxygen atoms in total. The number of aromatic nitrogens is 1. The average molecular weight is 374 g/mol. The lowest BCUT2D eigenvalue weighted by atomic mass is 10.0. The van der Waals surface area contributed by atoms with Crippen molar-refractivity contribution >= 4 is 5.91 Å². The van der Waals surface area contributed by atoms with Gasteiger partial charge in [-0.05, 0) is 43.5 Å². The number of piperidine rings is 1. The number of benzene rings is 1. The molecule has 0 saturated carbocycles. The van der Waals surface area contributed by atoms with Crippen LogP contribution in [-0.4, -0.2) is 47.9 Å². The number of hydrogen-bond donors (Lipinski definition) is 0. The highest BCUT2D eigenvalue weighted by atomic mass is 19.1. The van der Waals surface area contributed by atoms with Crippen LogP contribution in [0.4, 0.5) is 4.39 Å². The summed E-state index contributed by atoms with van der Waals surface area (Å²) < 4.78 is 30.0. The third-order valence-corrected chi connectivity index (χ3v) is 5.07. The van der Waals surface area contributed by atoms with E-state index in [2.05, 4.69) is 4.98 Å². The van der Waals surface area contributed by atoms with E-state index in [1.54, 1.807) is 18.3 Å². The largest absolute Gasteiger partial charge is 0.441 e. The van der Waals surface area contributed by atoms with Crippen LogP contribution in [0.2, 0.25) is 0 Å². The number of rotatable bonds is 5. The number of oxazole rings is 1. The number of likely N-dealkylation sites (tertiary alicyclic amines) is 1. The first-order valence-corrected chi connectivity index (χ1v) is 9.44. The van der Waals surface area contributed by atoms with E-state index >= 15 is 0 Å². The van der Waals surface area contributed by atoms with Gasteiger partial charge in [0.1, 0.15) is 5.82 Å². The fraction of sp³-hybridized carbons (Fsp3) is 0.500. The van der Waals surface area contributed by atoms with Crippen molar-refractivity contribution in [1.29, 1.82) is 0 Å². The molecule has 2 aliphatic rings. The third-order valence-electron chi connectivity index (χ3n) is 5.07. The van der Waals surface area contributed by atoms with Gasteiger partial charge in [0.25, 0.3) is 0 Å². The molecule has 0 radical (unpaired) electrons. The molecule has 1 amide bonds. The van der Waals surface area contributed by atoms with Gasteiger partial charge in [-0.15, -0.1) is 0 Å². The zero-order valence-corrected chi connectivity index (χ0v) is 15.1. The number of carbonyl (C=O) groups is 1. The molecular weight excluding hydrogens is 351 g/mol. The minimum Gasteiger partial charge on any atom is -0.441 e. The summed E-state index contributed by atoms with van der Waals surface area (Å²) in [5.41, 5.74) is 0.758. The Morgan fingerprint density at radius 1 is 1.19 bits per heavy atom.